The van der Waals surface area contributed by atoms with Crippen molar-refractivity contribution in [3.8, 4) is 12.3 Å². The van der Waals surface area contributed by atoms with Crippen LogP contribution < -0.4 is 15.4 Å². The van der Waals surface area contributed by atoms with E-state index in [1.165, 1.54) is 36.4 Å². The van der Waals surface area contributed by atoms with Crippen LogP contribution in [-0.4, -0.2) is 26.8 Å². The van der Waals surface area contributed by atoms with Gasteiger partial charge in [-0.15, -0.1) is 6.42 Å². The molecule has 0 heterocycles. The first-order valence-electron chi connectivity index (χ1n) is 9.30. The number of hydrogen-bond donors (Lipinski definition) is 3. The molecule has 0 aliphatic heterocycles. The minimum Gasteiger partial charge on any atom is -0.343 e. The lowest BCUT2D eigenvalue weighted by Gasteiger charge is -2.10. The van der Waals surface area contributed by atoms with Crippen LogP contribution >= 0.6 is 11.6 Å². The molecule has 0 unspecified atom stereocenters. The fourth-order valence-electron chi connectivity index (χ4n) is 2.67. The molecular weight excluding hydrogens is 450 g/mol. The molecule has 7 nitrogen and oxygen atoms in total. The van der Waals surface area contributed by atoms with Gasteiger partial charge in [-0.1, -0.05) is 23.6 Å². The summed E-state index contributed by atoms with van der Waals surface area (Å²) in [6, 6.07) is 18.3. The Morgan fingerprint density at radius 1 is 0.938 bits per heavy atom. The summed E-state index contributed by atoms with van der Waals surface area (Å²) in [7, 11) is -3.84. The lowest BCUT2D eigenvalue weighted by atomic mass is 10.2. The lowest BCUT2D eigenvalue weighted by molar-refractivity contribution is -0.115. The molecule has 0 saturated heterocycles. The quantitative estimate of drug-likeness (QED) is 0.462. The largest absolute Gasteiger partial charge is 0.343 e. The first kappa shape index (κ1) is 22.9. The SMILES string of the molecule is C#Cc1cccc(NC(=O)CNC(=O)c2ccc(S(=O)(=O)Nc3ccc(Cl)cc3)cc2)c1. The molecule has 0 fully saturated rings. The summed E-state index contributed by atoms with van der Waals surface area (Å²) < 4.78 is 27.4. The van der Waals surface area contributed by atoms with Crippen molar-refractivity contribution < 1.29 is 18.0 Å². The van der Waals surface area contributed by atoms with Gasteiger partial charge in [0.2, 0.25) is 5.91 Å². The van der Waals surface area contributed by atoms with Gasteiger partial charge in [0.1, 0.15) is 0 Å². The van der Waals surface area contributed by atoms with Gasteiger partial charge in [-0.3, -0.25) is 14.3 Å². The summed E-state index contributed by atoms with van der Waals surface area (Å²) in [4.78, 5) is 24.3. The average molecular weight is 468 g/mol. The third-order valence-corrected chi connectivity index (χ3v) is 5.89. The number of carbonyl (C=O) groups excluding carboxylic acids is 2. The number of nitrogens with one attached hydrogen (secondary N) is 3. The van der Waals surface area contributed by atoms with Crippen LogP contribution in [0.25, 0.3) is 0 Å². The van der Waals surface area contributed by atoms with Crippen LogP contribution in [0, 0.1) is 12.3 Å². The summed E-state index contributed by atoms with van der Waals surface area (Å²) in [6.45, 7) is -0.267. The normalized spacial score (nSPS) is 10.6. The second kappa shape index (κ2) is 10.0. The van der Waals surface area contributed by atoms with Crippen molar-refractivity contribution in [1.82, 2.24) is 5.32 Å². The Balaban J connectivity index is 1.57. The van der Waals surface area contributed by atoms with Gasteiger partial charge >= 0.3 is 0 Å². The second-order valence-electron chi connectivity index (χ2n) is 6.59. The van der Waals surface area contributed by atoms with E-state index in [1.807, 2.05) is 0 Å². The van der Waals surface area contributed by atoms with Crippen LogP contribution in [-0.2, 0) is 14.8 Å². The van der Waals surface area contributed by atoms with Gasteiger partial charge in [0, 0.05) is 27.5 Å². The lowest BCUT2D eigenvalue weighted by Crippen LogP contribution is -2.32. The highest BCUT2D eigenvalue weighted by Crippen LogP contribution is 2.19. The number of benzene rings is 3. The van der Waals surface area contributed by atoms with E-state index in [1.54, 1.807) is 36.4 Å². The topological polar surface area (TPSA) is 104 Å². The van der Waals surface area contributed by atoms with Gasteiger partial charge in [0.25, 0.3) is 15.9 Å². The van der Waals surface area contributed by atoms with E-state index < -0.39 is 21.8 Å². The van der Waals surface area contributed by atoms with Crippen LogP contribution in [0.1, 0.15) is 15.9 Å². The Labute approximate surface area is 190 Å². The summed E-state index contributed by atoms with van der Waals surface area (Å²) in [5.74, 6) is 1.52. The zero-order valence-electron chi connectivity index (χ0n) is 16.6. The van der Waals surface area contributed by atoms with Crippen molar-refractivity contribution in [2.45, 2.75) is 4.90 Å². The van der Waals surface area contributed by atoms with E-state index >= 15 is 0 Å². The predicted molar refractivity (Wildman–Crippen MR) is 124 cm³/mol. The van der Waals surface area contributed by atoms with Gasteiger partial charge in [-0.25, -0.2) is 8.42 Å². The fraction of sp³-hybridized carbons (Fsp3) is 0.0435. The molecule has 0 aliphatic rings. The maximum atomic E-state index is 12.5. The van der Waals surface area contributed by atoms with Gasteiger partial charge in [-0.2, -0.15) is 0 Å². The molecule has 2 amide bonds. The number of halogens is 1. The molecule has 32 heavy (non-hydrogen) atoms. The Bertz CT molecular complexity index is 1280. The highest BCUT2D eigenvalue weighted by atomic mass is 35.5. The van der Waals surface area contributed by atoms with Gasteiger partial charge < -0.3 is 10.6 Å². The van der Waals surface area contributed by atoms with Crippen molar-refractivity contribution in [1.29, 1.82) is 0 Å². The summed E-state index contributed by atoms with van der Waals surface area (Å²) >= 11 is 5.80. The number of anilines is 2. The molecule has 0 aliphatic carbocycles. The Morgan fingerprint density at radius 3 is 2.28 bits per heavy atom. The molecule has 3 rings (SSSR count). The highest BCUT2D eigenvalue weighted by Gasteiger charge is 2.16. The maximum absolute atomic E-state index is 12.5. The van der Waals surface area contributed by atoms with E-state index in [2.05, 4.69) is 21.3 Å². The fourth-order valence-corrected chi connectivity index (χ4v) is 3.86. The molecule has 3 N–H and O–H groups in total. The van der Waals surface area contributed by atoms with E-state index in [-0.39, 0.29) is 17.0 Å². The maximum Gasteiger partial charge on any atom is 0.261 e. The molecule has 0 saturated carbocycles. The van der Waals surface area contributed by atoms with Crippen molar-refractivity contribution in [2.24, 2.45) is 0 Å². The predicted octanol–water partition coefficient (Wildman–Crippen LogP) is 3.49. The zero-order valence-corrected chi connectivity index (χ0v) is 18.2. The van der Waals surface area contributed by atoms with Gasteiger partial charge in [0.05, 0.1) is 11.4 Å². The third kappa shape index (κ3) is 6.11. The molecule has 0 atom stereocenters. The van der Waals surface area contributed by atoms with E-state index in [9.17, 15) is 18.0 Å². The number of carbonyl (C=O) groups is 2. The van der Waals surface area contributed by atoms with Crippen LogP contribution in [0.15, 0.2) is 77.7 Å². The highest BCUT2D eigenvalue weighted by molar-refractivity contribution is 7.92. The Hall–Kier alpha value is -3.80. The molecule has 3 aromatic carbocycles. The average Bonchev–Trinajstić information content (AvgIpc) is 2.79. The number of amides is 2. The van der Waals surface area contributed by atoms with Crippen molar-refractivity contribution in [2.75, 3.05) is 16.6 Å². The molecule has 0 spiro atoms. The van der Waals surface area contributed by atoms with E-state index in [0.717, 1.165) is 0 Å². The number of hydrogen-bond acceptors (Lipinski definition) is 4. The Kier molecular flexibility index (Phi) is 7.15. The molecule has 0 radical (unpaired) electrons. The number of rotatable bonds is 7. The van der Waals surface area contributed by atoms with Crippen molar-refractivity contribution in [3.05, 3.63) is 88.9 Å². The monoisotopic (exact) mass is 467 g/mol. The first-order chi connectivity index (χ1) is 15.3. The van der Waals surface area contributed by atoms with Crippen LogP contribution in [0.3, 0.4) is 0 Å². The van der Waals surface area contributed by atoms with Gasteiger partial charge in [-0.05, 0) is 66.7 Å². The number of terminal acetylenes is 1. The standard InChI is InChI=1S/C23H18ClN3O4S/c1-2-16-4-3-5-20(14-16)26-22(28)15-25-23(29)17-6-12-21(13-7-17)32(30,31)27-19-10-8-18(24)9-11-19/h1,3-14,27H,15H2,(H,25,29)(H,26,28). The molecule has 162 valence electrons. The van der Waals surface area contributed by atoms with Crippen molar-refractivity contribution >= 4 is 44.8 Å². The van der Waals surface area contributed by atoms with Crippen molar-refractivity contribution in [3.63, 3.8) is 0 Å². The van der Waals surface area contributed by atoms with E-state index in [0.29, 0.717) is 22.0 Å². The molecule has 0 bridgehead atoms. The van der Waals surface area contributed by atoms with Crippen LogP contribution in [0.4, 0.5) is 11.4 Å². The minimum absolute atomic E-state index is 0.0184. The third-order valence-electron chi connectivity index (χ3n) is 4.25. The molecular formula is C23H18ClN3O4S. The smallest absolute Gasteiger partial charge is 0.261 e. The molecule has 0 aromatic heterocycles. The number of sulfonamides is 1. The van der Waals surface area contributed by atoms with E-state index in [4.69, 9.17) is 18.0 Å². The Morgan fingerprint density at radius 2 is 1.62 bits per heavy atom. The zero-order chi connectivity index (χ0) is 23.1. The summed E-state index contributed by atoms with van der Waals surface area (Å²) in [5, 5.41) is 5.60. The molecule has 9 heteroatoms. The van der Waals surface area contributed by atoms with Crippen LogP contribution in [0.5, 0.6) is 0 Å². The van der Waals surface area contributed by atoms with Crippen LogP contribution in [0.2, 0.25) is 5.02 Å². The van der Waals surface area contributed by atoms with Gasteiger partial charge in [0.15, 0.2) is 0 Å². The summed E-state index contributed by atoms with van der Waals surface area (Å²) in [5.41, 5.74) is 1.70. The summed E-state index contributed by atoms with van der Waals surface area (Å²) in [6.07, 6.45) is 5.33. The molecule has 3 aromatic rings. The minimum atomic E-state index is -3.84. The first-order valence-corrected chi connectivity index (χ1v) is 11.2. The second-order valence-corrected chi connectivity index (χ2v) is 8.71.